The summed E-state index contributed by atoms with van der Waals surface area (Å²) in [7, 11) is 0. The molecule has 0 saturated heterocycles. The van der Waals surface area contributed by atoms with E-state index in [9.17, 15) is 19.8 Å². The summed E-state index contributed by atoms with van der Waals surface area (Å²) in [5.41, 5.74) is 1.06. The molecule has 0 radical (unpaired) electrons. The van der Waals surface area contributed by atoms with Gasteiger partial charge in [0.15, 0.2) is 0 Å². The van der Waals surface area contributed by atoms with E-state index in [0.717, 1.165) is 12.0 Å². The van der Waals surface area contributed by atoms with Crippen molar-refractivity contribution in [3.63, 3.8) is 0 Å². The molecule has 4 nitrogen and oxygen atoms in total. The molecule has 5 atom stereocenters. The number of allylic oxidation sites excluding steroid dienone is 2. The first-order chi connectivity index (χ1) is 8.34. The lowest BCUT2D eigenvalue weighted by atomic mass is 9.53. The molecule has 3 aliphatic carbocycles. The van der Waals surface area contributed by atoms with Gasteiger partial charge in [-0.2, -0.15) is 0 Å². The van der Waals surface area contributed by atoms with E-state index in [4.69, 9.17) is 0 Å². The SMILES string of the molecule is CC1=C[C@H]2C(C(C)C)C[C@@H]1[C@@H](C(=O)O)[C@@H]2C(=O)O. The molecule has 1 fully saturated rings. The Bertz CT molecular complexity index is 410. The molecular formula is C14H20O4. The molecule has 3 rings (SSSR count). The van der Waals surface area contributed by atoms with Crippen LogP contribution in [0.2, 0.25) is 0 Å². The molecule has 0 amide bonds. The maximum Gasteiger partial charge on any atom is 0.308 e. The molecule has 0 heterocycles. The normalized spacial score (nSPS) is 38.7. The first-order valence-corrected chi connectivity index (χ1v) is 6.48. The van der Waals surface area contributed by atoms with Crippen molar-refractivity contribution in [3.05, 3.63) is 11.6 Å². The van der Waals surface area contributed by atoms with Crippen LogP contribution in [0.5, 0.6) is 0 Å². The largest absolute Gasteiger partial charge is 0.481 e. The van der Waals surface area contributed by atoms with Gasteiger partial charge in [0, 0.05) is 0 Å². The molecule has 1 saturated carbocycles. The predicted octanol–water partition coefficient (Wildman–Crippen LogP) is 2.26. The zero-order chi connectivity index (χ0) is 13.6. The van der Waals surface area contributed by atoms with Crippen LogP contribution in [0.3, 0.4) is 0 Å². The number of hydrogen-bond acceptors (Lipinski definition) is 2. The van der Waals surface area contributed by atoms with Crippen molar-refractivity contribution in [2.24, 2.45) is 35.5 Å². The summed E-state index contributed by atoms with van der Waals surface area (Å²) >= 11 is 0. The van der Waals surface area contributed by atoms with Crippen molar-refractivity contribution >= 4 is 11.9 Å². The number of carboxylic acids is 2. The van der Waals surface area contributed by atoms with E-state index < -0.39 is 23.8 Å². The third kappa shape index (κ3) is 1.84. The standard InChI is InChI=1S/C14H20O4/c1-6(2)8-5-9-7(3)4-10(8)12(14(17)18)11(9)13(15)16/h4,6,8-12H,5H2,1-3H3,(H,15,16)(H,17,18)/t8?,9-,10-,11+,12+/m0/s1. The van der Waals surface area contributed by atoms with Crippen molar-refractivity contribution < 1.29 is 19.8 Å². The Balaban J connectivity index is 2.44. The second kappa shape index (κ2) is 4.41. The van der Waals surface area contributed by atoms with Gasteiger partial charge in [-0.1, -0.05) is 25.5 Å². The Hall–Kier alpha value is -1.32. The third-order valence-corrected chi connectivity index (χ3v) is 4.72. The average Bonchev–Trinajstić information content (AvgIpc) is 2.26. The fourth-order valence-corrected chi connectivity index (χ4v) is 3.84. The maximum atomic E-state index is 11.4. The van der Waals surface area contributed by atoms with Crippen LogP contribution >= 0.6 is 0 Å². The highest BCUT2D eigenvalue weighted by molar-refractivity contribution is 5.82. The highest BCUT2D eigenvalue weighted by Crippen LogP contribution is 2.53. The molecule has 0 aromatic carbocycles. The van der Waals surface area contributed by atoms with Crippen LogP contribution in [0, 0.1) is 35.5 Å². The van der Waals surface area contributed by atoms with E-state index >= 15 is 0 Å². The molecule has 0 spiro atoms. The average molecular weight is 252 g/mol. The summed E-state index contributed by atoms with van der Waals surface area (Å²) in [6, 6.07) is 0. The lowest BCUT2D eigenvalue weighted by Gasteiger charge is -2.49. The van der Waals surface area contributed by atoms with Crippen molar-refractivity contribution in [2.45, 2.75) is 27.2 Å². The van der Waals surface area contributed by atoms with E-state index in [2.05, 4.69) is 13.8 Å². The number of hydrogen-bond donors (Lipinski definition) is 2. The lowest BCUT2D eigenvalue weighted by molar-refractivity contribution is -0.163. The van der Waals surface area contributed by atoms with Gasteiger partial charge in [-0.25, -0.2) is 0 Å². The first-order valence-electron chi connectivity index (χ1n) is 6.48. The van der Waals surface area contributed by atoms with Gasteiger partial charge in [0.2, 0.25) is 0 Å². The van der Waals surface area contributed by atoms with Gasteiger partial charge in [-0.3, -0.25) is 9.59 Å². The predicted molar refractivity (Wildman–Crippen MR) is 65.9 cm³/mol. The summed E-state index contributed by atoms with van der Waals surface area (Å²) in [4.78, 5) is 22.8. The van der Waals surface area contributed by atoms with Gasteiger partial charge >= 0.3 is 11.9 Å². The fraction of sp³-hybridized carbons (Fsp3) is 0.714. The quantitative estimate of drug-likeness (QED) is 0.755. The lowest BCUT2D eigenvalue weighted by Crippen LogP contribution is -2.51. The van der Waals surface area contributed by atoms with Crippen molar-refractivity contribution in [1.29, 1.82) is 0 Å². The van der Waals surface area contributed by atoms with Crippen LogP contribution in [0.25, 0.3) is 0 Å². The van der Waals surface area contributed by atoms with Crippen molar-refractivity contribution in [2.75, 3.05) is 0 Å². The summed E-state index contributed by atoms with van der Waals surface area (Å²) in [5.74, 6) is -3.02. The second-order valence-electron chi connectivity index (χ2n) is 5.97. The molecular weight excluding hydrogens is 232 g/mol. The van der Waals surface area contributed by atoms with Gasteiger partial charge in [-0.15, -0.1) is 0 Å². The molecule has 3 aliphatic rings. The van der Waals surface area contributed by atoms with E-state index in [1.807, 2.05) is 13.0 Å². The summed E-state index contributed by atoms with van der Waals surface area (Å²) in [6.45, 7) is 6.11. The molecule has 2 bridgehead atoms. The third-order valence-electron chi connectivity index (χ3n) is 4.72. The highest BCUT2D eigenvalue weighted by atomic mass is 16.4. The highest BCUT2D eigenvalue weighted by Gasteiger charge is 2.54. The molecule has 100 valence electrons. The Kier molecular flexibility index (Phi) is 3.21. The van der Waals surface area contributed by atoms with Gasteiger partial charge < -0.3 is 10.2 Å². The topological polar surface area (TPSA) is 74.6 Å². The summed E-state index contributed by atoms with van der Waals surface area (Å²) in [6.07, 6.45) is 2.82. The first kappa shape index (κ1) is 13.1. The Morgan fingerprint density at radius 1 is 1.22 bits per heavy atom. The maximum absolute atomic E-state index is 11.4. The van der Waals surface area contributed by atoms with Crippen molar-refractivity contribution in [1.82, 2.24) is 0 Å². The van der Waals surface area contributed by atoms with Crippen LogP contribution in [0.4, 0.5) is 0 Å². The molecule has 0 aromatic rings. The minimum Gasteiger partial charge on any atom is -0.481 e. The van der Waals surface area contributed by atoms with Gasteiger partial charge in [0.05, 0.1) is 11.8 Å². The monoisotopic (exact) mass is 252 g/mol. The molecule has 0 aliphatic heterocycles. The molecule has 2 N–H and O–H groups in total. The van der Waals surface area contributed by atoms with E-state index in [1.54, 1.807) is 0 Å². The van der Waals surface area contributed by atoms with Gasteiger partial charge in [0.1, 0.15) is 0 Å². The second-order valence-corrected chi connectivity index (χ2v) is 5.97. The zero-order valence-corrected chi connectivity index (χ0v) is 11.0. The van der Waals surface area contributed by atoms with Crippen LogP contribution in [0.15, 0.2) is 11.6 Å². The summed E-state index contributed by atoms with van der Waals surface area (Å²) < 4.78 is 0. The smallest absolute Gasteiger partial charge is 0.308 e. The Morgan fingerprint density at radius 2 is 1.78 bits per heavy atom. The van der Waals surface area contributed by atoms with Crippen LogP contribution in [0.1, 0.15) is 27.2 Å². The molecule has 4 heteroatoms. The van der Waals surface area contributed by atoms with E-state index in [-0.39, 0.29) is 17.8 Å². The number of carboxylic acid groups (broad SMARTS) is 2. The van der Waals surface area contributed by atoms with Crippen LogP contribution in [-0.4, -0.2) is 22.2 Å². The molecule has 18 heavy (non-hydrogen) atoms. The number of aliphatic carboxylic acids is 2. The fourth-order valence-electron chi connectivity index (χ4n) is 3.84. The molecule has 1 unspecified atom stereocenters. The number of rotatable bonds is 3. The zero-order valence-electron chi connectivity index (χ0n) is 11.0. The van der Waals surface area contributed by atoms with Crippen LogP contribution in [-0.2, 0) is 9.59 Å². The van der Waals surface area contributed by atoms with Crippen molar-refractivity contribution in [3.8, 4) is 0 Å². The van der Waals surface area contributed by atoms with E-state index in [1.165, 1.54) is 0 Å². The van der Waals surface area contributed by atoms with Crippen LogP contribution < -0.4 is 0 Å². The minimum atomic E-state index is -0.966. The van der Waals surface area contributed by atoms with Gasteiger partial charge in [-0.05, 0) is 37.0 Å². The minimum absolute atomic E-state index is 0.110. The van der Waals surface area contributed by atoms with Gasteiger partial charge in [0.25, 0.3) is 0 Å². The summed E-state index contributed by atoms with van der Waals surface area (Å²) in [5, 5.41) is 18.7. The molecule has 0 aromatic heterocycles. The number of fused-ring (bicyclic) bond motifs is 2. The van der Waals surface area contributed by atoms with E-state index in [0.29, 0.717) is 5.92 Å². The number of carbonyl (C=O) groups is 2. The Morgan fingerprint density at radius 3 is 2.22 bits per heavy atom. The Labute approximate surface area is 107 Å².